The predicted molar refractivity (Wildman–Crippen MR) is 69.3 cm³/mol. The lowest BCUT2D eigenvalue weighted by Crippen LogP contribution is -2.34. The number of carbonyl (C=O) groups excluding carboxylic acids is 1. The summed E-state index contributed by atoms with van der Waals surface area (Å²) in [4.78, 5) is 11.8. The molecule has 0 aliphatic rings. The third-order valence-corrected chi connectivity index (χ3v) is 3.05. The van der Waals surface area contributed by atoms with Gasteiger partial charge in [0.05, 0.1) is 12.1 Å². The second kappa shape index (κ2) is 6.96. The summed E-state index contributed by atoms with van der Waals surface area (Å²) < 4.78 is 10.6. The van der Waals surface area contributed by atoms with E-state index in [2.05, 4.69) is 21.2 Å². The number of hydrogen-bond donors (Lipinski definition) is 1. The van der Waals surface area contributed by atoms with Crippen molar-refractivity contribution in [1.29, 1.82) is 0 Å². The lowest BCUT2D eigenvalue weighted by molar-refractivity contribution is -0.0974. The SMILES string of the molecule is COC(CNC(=O)c1cc(Cl)ccc1Br)OC. The molecule has 1 rings (SSSR count). The van der Waals surface area contributed by atoms with Gasteiger partial charge in [0, 0.05) is 23.7 Å². The van der Waals surface area contributed by atoms with Crippen molar-refractivity contribution in [3.8, 4) is 0 Å². The van der Waals surface area contributed by atoms with Crippen LogP contribution in [0.1, 0.15) is 10.4 Å². The molecule has 4 nitrogen and oxygen atoms in total. The molecule has 6 heteroatoms. The summed E-state index contributed by atoms with van der Waals surface area (Å²) >= 11 is 9.12. The van der Waals surface area contributed by atoms with Gasteiger partial charge in [-0.25, -0.2) is 0 Å². The maximum absolute atomic E-state index is 11.8. The molecule has 1 amide bonds. The van der Waals surface area contributed by atoms with Crippen LogP contribution in [0.25, 0.3) is 0 Å². The highest BCUT2D eigenvalue weighted by molar-refractivity contribution is 9.10. The van der Waals surface area contributed by atoms with Gasteiger partial charge >= 0.3 is 0 Å². The van der Waals surface area contributed by atoms with Gasteiger partial charge in [-0.3, -0.25) is 4.79 Å². The lowest BCUT2D eigenvalue weighted by atomic mass is 10.2. The molecule has 17 heavy (non-hydrogen) atoms. The predicted octanol–water partition coefficient (Wildman–Crippen LogP) is 2.45. The smallest absolute Gasteiger partial charge is 0.252 e. The highest BCUT2D eigenvalue weighted by atomic mass is 79.9. The second-order valence-electron chi connectivity index (χ2n) is 3.24. The zero-order valence-electron chi connectivity index (χ0n) is 9.50. The van der Waals surface area contributed by atoms with Crippen LogP contribution in [-0.4, -0.2) is 33.0 Å². The van der Waals surface area contributed by atoms with Crippen LogP contribution in [-0.2, 0) is 9.47 Å². The molecule has 0 bridgehead atoms. The van der Waals surface area contributed by atoms with Crippen molar-refractivity contribution in [3.63, 3.8) is 0 Å². The Hall–Kier alpha value is -0.620. The fourth-order valence-electron chi connectivity index (χ4n) is 1.21. The maximum Gasteiger partial charge on any atom is 0.252 e. The molecule has 0 radical (unpaired) electrons. The van der Waals surface area contributed by atoms with Crippen LogP contribution in [0.4, 0.5) is 0 Å². The van der Waals surface area contributed by atoms with Gasteiger partial charge < -0.3 is 14.8 Å². The van der Waals surface area contributed by atoms with E-state index in [0.717, 1.165) is 0 Å². The number of methoxy groups -OCH3 is 2. The summed E-state index contributed by atoms with van der Waals surface area (Å²) in [7, 11) is 3.02. The first-order chi connectivity index (χ1) is 8.08. The van der Waals surface area contributed by atoms with E-state index in [-0.39, 0.29) is 12.5 Å². The van der Waals surface area contributed by atoms with Gasteiger partial charge in [-0.2, -0.15) is 0 Å². The zero-order valence-corrected chi connectivity index (χ0v) is 11.8. The highest BCUT2D eigenvalue weighted by Gasteiger charge is 2.12. The van der Waals surface area contributed by atoms with Crippen molar-refractivity contribution >= 4 is 33.4 Å². The van der Waals surface area contributed by atoms with Crippen molar-refractivity contribution in [3.05, 3.63) is 33.3 Å². The number of ether oxygens (including phenoxy) is 2. The molecule has 1 aromatic rings. The number of amides is 1. The Labute approximate surface area is 113 Å². The Bertz CT molecular complexity index is 396. The van der Waals surface area contributed by atoms with E-state index in [1.165, 1.54) is 14.2 Å². The summed E-state index contributed by atoms with van der Waals surface area (Å²) in [6.07, 6.45) is -0.461. The first kappa shape index (κ1) is 14.4. The minimum Gasteiger partial charge on any atom is -0.354 e. The molecule has 0 saturated carbocycles. The number of halogens is 2. The third-order valence-electron chi connectivity index (χ3n) is 2.13. The molecule has 0 aromatic heterocycles. The molecule has 0 aliphatic heterocycles. The minimum absolute atomic E-state index is 0.238. The maximum atomic E-state index is 11.8. The second-order valence-corrected chi connectivity index (χ2v) is 4.53. The Kier molecular flexibility index (Phi) is 5.91. The van der Waals surface area contributed by atoms with Gasteiger partial charge in [-0.05, 0) is 34.1 Å². The van der Waals surface area contributed by atoms with Gasteiger partial charge in [0.1, 0.15) is 0 Å². The molecule has 0 fully saturated rings. The van der Waals surface area contributed by atoms with Gasteiger partial charge in [-0.1, -0.05) is 11.6 Å². The first-order valence-electron chi connectivity index (χ1n) is 4.87. The van der Waals surface area contributed by atoms with Crippen LogP contribution in [0.5, 0.6) is 0 Å². The van der Waals surface area contributed by atoms with Crippen molar-refractivity contribution in [1.82, 2.24) is 5.32 Å². The quantitative estimate of drug-likeness (QED) is 0.847. The fraction of sp³-hybridized carbons (Fsp3) is 0.364. The zero-order chi connectivity index (χ0) is 12.8. The third kappa shape index (κ3) is 4.27. The van der Waals surface area contributed by atoms with E-state index in [1.54, 1.807) is 18.2 Å². The molecule has 0 aliphatic carbocycles. The summed E-state index contributed by atoms with van der Waals surface area (Å²) in [6, 6.07) is 5.02. The number of rotatable bonds is 5. The molecule has 0 unspecified atom stereocenters. The van der Waals surface area contributed by atoms with E-state index >= 15 is 0 Å². The summed E-state index contributed by atoms with van der Waals surface area (Å²) in [5, 5.41) is 3.20. The normalized spacial score (nSPS) is 10.6. The molecule has 0 heterocycles. The largest absolute Gasteiger partial charge is 0.354 e. The van der Waals surface area contributed by atoms with E-state index in [9.17, 15) is 4.79 Å². The lowest BCUT2D eigenvalue weighted by Gasteiger charge is -2.14. The Morgan fingerprint density at radius 3 is 2.71 bits per heavy atom. The first-order valence-corrected chi connectivity index (χ1v) is 6.04. The Balaban J connectivity index is 2.66. The minimum atomic E-state index is -0.461. The van der Waals surface area contributed by atoms with Crippen molar-refractivity contribution in [2.75, 3.05) is 20.8 Å². The van der Waals surface area contributed by atoms with Gasteiger partial charge in [-0.15, -0.1) is 0 Å². The number of benzene rings is 1. The Morgan fingerprint density at radius 2 is 2.12 bits per heavy atom. The molecular formula is C11H13BrClNO3. The van der Waals surface area contributed by atoms with Crippen molar-refractivity contribution in [2.45, 2.75) is 6.29 Å². The van der Waals surface area contributed by atoms with Crippen molar-refractivity contribution < 1.29 is 14.3 Å². The highest BCUT2D eigenvalue weighted by Crippen LogP contribution is 2.20. The molecule has 94 valence electrons. The van der Waals surface area contributed by atoms with Crippen LogP contribution in [0.3, 0.4) is 0 Å². The molecule has 0 saturated heterocycles. The number of carbonyl (C=O) groups is 1. The number of hydrogen-bond acceptors (Lipinski definition) is 3. The van der Waals surface area contributed by atoms with Gasteiger partial charge in [0.15, 0.2) is 6.29 Å². The van der Waals surface area contributed by atoms with Crippen molar-refractivity contribution in [2.24, 2.45) is 0 Å². The molecule has 1 aromatic carbocycles. The number of nitrogens with one attached hydrogen (secondary N) is 1. The molecular weight excluding hydrogens is 309 g/mol. The van der Waals surface area contributed by atoms with Crippen LogP contribution < -0.4 is 5.32 Å². The topological polar surface area (TPSA) is 47.6 Å². The fourth-order valence-corrected chi connectivity index (χ4v) is 1.80. The summed E-state index contributed by atoms with van der Waals surface area (Å²) in [5.41, 5.74) is 0.475. The van der Waals surface area contributed by atoms with Crippen LogP contribution in [0.15, 0.2) is 22.7 Å². The average molecular weight is 323 g/mol. The van der Waals surface area contributed by atoms with E-state index in [1.807, 2.05) is 0 Å². The van der Waals surface area contributed by atoms with Crippen LogP contribution in [0, 0.1) is 0 Å². The van der Waals surface area contributed by atoms with E-state index in [4.69, 9.17) is 21.1 Å². The molecule has 0 atom stereocenters. The van der Waals surface area contributed by atoms with E-state index in [0.29, 0.717) is 15.1 Å². The van der Waals surface area contributed by atoms with Gasteiger partial charge in [0.25, 0.3) is 5.91 Å². The summed E-state index contributed by atoms with van der Waals surface area (Å²) in [6.45, 7) is 0.269. The molecule has 0 spiro atoms. The standard InChI is InChI=1S/C11H13BrClNO3/c1-16-10(17-2)6-14-11(15)8-5-7(13)3-4-9(8)12/h3-5,10H,6H2,1-2H3,(H,14,15). The van der Waals surface area contributed by atoms with Gasteiger partial charge in [0.2, 0.25) is 0 Å². The van der Waals surface area contributed by atoms with Crippen LogP contribution in [0.2, 0.25) is 5.02 Å². The van der Waals surface area contributed by atoms with E-state index < -0.39 is 6.29 Å². The Morgan fingerprint density at radius 1 is 1.47 bits per heavy atom. The summed E-state index contributed by atoms with van der Waals surface area (Å²) in [5.74, 6) is -0.238. The van der Waals surface area contributed by atoms with Crippen LogP contribution >= 0.6 is 27.5 Å². The molecule has 1 N–H and O–H groups in total. The monoisotopic (exact) mass is 321 g/mol. The average Bonchev–Trinajstić information content (AvgIpc) is 2.33.